The fourth-order valence-corrected chi connectivity index (χ4v) is 3.50. The van der Waals surface area contributed by atoms with E-state index in [2.05, 4.69) is 12.2 Å². The molecule has 0 unspecified atom stereocenters. The van der Waals surface area contributed by atoms with Crippen LogP contribution in [0.15, 0.2) is 29.2 Å². The van der Waals surface area contributed by atoms with Crippen molar-refractivity contribution in [3.63, 3.8) is 0 Å². The molecule has 0 radical (unpaired) electrons. The van der Waals surface area contributed by atoms with Crippen LogP contribution in [0.1, 0.15) is 39.5 Å². The molecule has 110 valence electrons. The van der Waals surface area contributed by atoms with Gasteiger partial charge in [0.25, 0.3) is 0 Å². The van der Waals surface area contributed by atoms with Crippen LogP contribution in [0.5, 0.6) is 0 Å². The first-order chi connectivity index (χ1) is 9.54. The fraction of sp³-hybridized carbons (Fsp3) is 0.562. The van der Waals surface area contributed by atoms with Crippen LogP contribution in [0.25, 0.3) is 0 Å². The molecule has 2 rings (SSSR count). The largest absolute Gasteiger partial charge is 0.352 e. The Morgan fingerprint density at radius 1 is 1.25 bits per heavy atom. The predicted octanol–water partition coefficient (Wildman–Crippen LogP) is 4.52. The summed E-state index contributed by atoms with van der Waals surface area (Å²) in [5, 5.41) is 3.84. The first kappa shape index (κ1) is 15.7. The van der Waals surface area contributed by atoms with E-state index in [1.165, 1.54) is 12.8 Å². The Morgan fingerprint density at radius 2 is 1.85 bits per heavy atom. The van der Waals surface area contributed by atoms with Crippen LogP contribution in [-0.4, -0.2) is 17.2 Å². The quantitative estimate of drug-likeness (QED) is 0.829. The first-order valence-electron chi connectivity index (χ1n) is 7.27. The van der Waals surface area contributed by atoms with Crippen LogP contribution in [-0.2, 0) is 4.79 Å². The minimum absolute atomic E-state index is 0.0736. The molecule has 0 aromatic heterocycles. The summed E-state index contributed by atoms with van der Waals surface area (Å²) in [5.74, 6) is 0.952. The Bertz CT molecular complexity index is 440. The number of carbonyl (C=O) groups excluding carboxylic acids is 1. The Balaban J connectivity index is 1.81. The van der Waals surface area contributed by atoms with Gasteiger partial charge in [-0.05, 0) is 62.8 Å². The monoisotopic (exact) mass is 311 g/mol. The van der Waals surface area contributed by atoms with Crippen LogP contribution in [0.2, 0.25) is 5.02 Å². The first-order valence-corrected chi connectivity index (χ1v) is 8.53. The molecule has 1 fully saturated rings. The lowest BCUT2D eigenvalue weighted by Crippen LogP contribution is -2.41. The molecule has 20 heavy (non-hydrogen) atoms. The van der Waals surface area contributed by atoms with Crippen molar-refractivity contribution in [2.24, 2.45) is 5.92 Å². The van der Waals surface area contributed by atoms with E-state index in [9.17, 15) is 4.79 Å². The maximum Gasteiger partial charge on any atom is 0.233 e. The minimum atomic E-state index is -0.0736. The van der Waals surface area contributed by atoms with Gasteiger partial charge in [0.1, 0.15) is 0 Å². The van der Waals surface area contributed by atoms with Gasteiger partial charge in [-0.3, -0.25) is 4.79 Å². The van der Waals surface area contributed by atoms with Crippen molar-refractivity contribution in [3.8, 4) is 0 Å². The normalized spacial score (nSPS) is 24.1. The second-order valence-corrected chi connectivity index (χ2v) is 7.53. The number of hydrogen-bond donors (Lipinski definition) is 1. The van der Waals surface area contributed by atoms with Crippen molar-refractivity contribution in [3.05, 3.63) is 29.3 Å². The third-order valence-corrected chi connectivity index (χ3v) is 5.22. The molecule has 1 aromatic carbocycles. The third kappa shape index (κ3) is 4.71. The van der Waals surface area contributed by atoms with Crippen molar-refractivity contribution >= 4 is 29.3 Å². The standard InChI is InChI=1S/C16H22ClNOS/c1-11-3-7-14(8-4-11)18-16(19)12(2)20-15-9-5-13(17)6-10-15/h5-6,9-12,14H,3-4,7-8H2,1-2H3,(H,18,19)/t11?,12-,14?/m1/s1. The van der Waals surface area contributed by atoms with Gasteiger partial charge in [-0.25, -0.2) is 0 Å². The molecule has 0 spiro atoms. The van der Waals surface area contributed by atoms with Crippen LogP contribution in [0.3, 0.4) is 0 Å². The second-order valence-electron chi connectivity index (χ2n) is 5.68. The molecule has 1 amide bonds. The van der Waals surface area contributed by atoms with Crippen molar-refractivity contribution < 1.29 is 4.79 Å². The van der Waals surface area contributed by atoms with Gasteiger partial charge in [-0.15, -0.1) is 11.8 Å². The summed E-state index contributed by atoms with van der Waals surface area (Å²) >= 11 is 7.44. The Kier molecular flexibility index (Phi) is 5.79. The summed E-state index contributed by atoms with van der Waals surface area (Å²) in [4.78, 5) is 13.3. The average molecular weight is 312 g/mol. The van der Waals surface area contributed by atoms with Gasteiger partial charge < -0.3 is 5.32 Å². The number of thioether (sulfide) groups is 1. The highest BCUT2D eigenvalue weighted by molar-refractivity contribution is 8.00. The molecular weight excluding hydrogens is 290 g/mol. The molecule has 2 nitrogen and oxygen atoms in total. The van der Waals surface area contributed by atoms with Crippen molar-refractivity contribution in [2.45, 2.75) is 55.7 Å². The molecule has 1 aliphatic carbocycles. The molecule has 0 aliphatic heterocycles. The van der Waals surface area contributed by atoms with E-state index in [1.807, 2.05) is 31.2 Å². The summed E-state index contributed by atoms with van der Waals surface area (Å²) in [6.07, 6.45) is 4.68. The molecule has 1 N–H and O–H groups in total. The molecule has 4 heteroatoms. The van der Waals surface area contributed by atoms with E-state index in [-0.39, 0.29) is 11.2 Å². The Hall–Kier alpha value is -0.670. The van der Waals surface area contributed by atoms with Gasteiger partial charge in [-0.2, -0.15) is 0 Å². The highest BCUT2D eigenvalue weighted by Crippen LogP contribution is 2.26. The van der Waals surface area contributed by atoms with Crippen LogP contribution < -0.4 is 5.32 Å². The second kappa shape index (κ2) is 7.37. The Morgan fingerprint density at radius 3 is 2.45 bits per heavy atom. The summed E-state index contributed by atoms with van der Waals surface area (Å²) in [7, 11) is 0. The smallest absolute Gasteiger partial charge is 0.233 e. The zero-order chi connectivity index (χ0) is 14.5. The lowest BCUT2D eigenvalue weighted by Gasteiger charge is -2.27. The maximum absolute atomic E-state index is 12.2. The van der Waals surface area contributed by atoms with Gasteiger partial charge in [0.15, 0.2) is 0 Å². The lowest BCUT2D eigenvalue weighted by molar-refractivity contribution is -0.121. The molecule has 1 atom stereocenters. The maximum atomic E-state index is 12.2. The van der Waals surface area contributed by atoms with E-state index in [0.717, 1.165) is 28.7 Å². The van der Waals surface area contributed by atoms with Crippen molar-refractivity contribution in [1.29, 1.82) is 0 Å². The molecule has 1 saturated carbocycles. The average Bonchev–Trinajstić information content (AvgIpc) is 2.44. The molecule has 0 saturated heterocycles. The number of benzene rings is 1. The number of halogens is 1. The minimum Gasteiger partial charge on any atom is -0.352 e. The van der Waals surface area contributed by atoms with Crippen LogP contribution in [0.4, 0.5) is 0 Å². The highest BCUT2D eigenvalue weighted by Gasteiger charge is 2.22. The number of hydrogen-bond acceptors (Lipinski definition) is 2. The molecular formula is C16H22ClNOS. The molecule has 1 aliphatic rings. The molecule has 0 heterocycles. The zero-order valence-corrected chi connectivity index (χ0v) is 13.6. The number of rotatable bonds is 4. The number of amides is 1. The van der Waals surface area contributed by atoms with Gasteiger partial charge in [-0.1, -0.05) is 18.5 Å². The SMILES string of the molecule is CC1CCC(NC(=O)[C@@H](C)Sc2ccc(Cl)cc2)CC1. The van der Waals surface area contributed by atoms with E-state index < -0.39 is 0 Å². The molecule has 1 aromatic rings. The van der Waals surface area contributed by atoms with Crippen molar-refractivity contribution in [2.75, 3.05) is 0 Å². The molecule has 0 bridgehead atoms. The van der Waals surface area contributed by atoms with Gasteiger partial charge in [0, 0.05) is 16.0 Å². The van der Waals surface area contributed by atoms with Gasteiger partial charge in [0.2, 0.25) is 5.91 Å². The zero-order valence-electron chi connectivity index (χ0n) is 12.1. The highest BCUT2D eigenvalue weighted by atomic mass is 35.5. The van der Waals surface area contributed by atoms with Crippen molar-refractivity contribution in [1.82, 2.24) is 5.32 Å². The fourth-order valence-electron chi connectivity index (χ4n) is 2.49. The number of nitrogens with one attached hydrogen (secondary N) is 1. The third-order valence-electron chi connectivity index (χ3n) is 3.86. The van der Waals surface area contributed by atoms with E-state index in [0.29, 0.717) is 6.04 Å². The Labute approximate surface area is 130 Å². The van der Waals surface area contributed by atoms with Gasteiger partial charge in [0.05, 0.1) is 5.25 Å². The van der Waals surface area contributed by atoms with Crippen LogP contribution in [0, 0.1) is 5.92 Å². The summed E-state index contributed by atoms with van der Waals surface area (Å²) in [6.45, 7) is 4.25. The summed E-state index contributed by atoms with van der Waals surface area (Å²) in [5.41, 5.74) is 0. The number of carbonyl (C=O) groups is 1. The predicted molar refractivity (Wildman–Crippen MR) is 86.3 cm³/mol. The van der Waals surface area contributed by atoms with Crippen LogP contribution >= 0.6 is 23.4 Å². The van der Waals surface area contributed by atoms with Gasteiger partial charge >= 0.3 is 0 Å². The van der Waals surface area contributed by atoms with E-state index >= 15 is 0 Å². The summed E-state index contributed by atoms with van der Waals surface area (Å²) in [6, 6.07) is 8.00. The summed E-state index contributed by atoms with van der Waals surface area (Å²) < 4.78 is 0. The lowest BCUT2D eigenvalue weighted by atomic mass is 9.87. The van der Waals surface area contributed by atoms with E-state index in [4.69, 9.17) is 11.6 Å². The topological polar surface area (TPSA) is 29.1 Å². The van der Waals surface area contributed by atoms with E-state index in [1.54, 1.807) is 11.8 Å².